The normalized spacial score (nSPS) is 9.33. The zero-order valence-electron chi connectivity index (χ0n) is 4.33. The van der Waals surface area contributed by atoms with Gasteiger partial charge in [0, 0.05) is 17.6 Å². The fourth-order valence-electron chi connectivity index (χ4n) is 0.375. The van der Waals surface area contributed by atoms with Crippen molar-refractivity contribution in [1.82, 2.24) is 4.37 Å². The Morgan fingerprint density at radius 1 is 1.78 bits per heavy atom. The van der Waals surface area contributed by atoms with Gasteiger partial charge < -0.3 is 5.73 Å². The van der Waals surface area contributed by atoms with E-state index in [4.69, 9.17) is 5.73 Å². The number of aromatic nitrogens is 1. The molecular weight excluding hydrogens is 140 g/mol. The van der Waals surface area contributed by atoms with E-state index >= 15 is 0 Å². The lowest BCUT2D eigenvalue weighted by molar-refractivity contribution is 0.0996. The van der Waals surface area contributed by atoms with Crippen molar-refractivity contribution < 1.29 is 9.90 Å². The minimum atomic E-state index is -0.659. The third kappa shape index (κ3) is 1.17. The summed E-state index contributed by atoms with van der Waals surface area (Å²) in [7, 11) is 0. The Labute approximate surface area is 55.1 Å². The summed E-state index contributed by atoms with van der Waals surface area (Å²) in [5, 5.41) is 10.1. The van der Waals surface area contributed by atoms with E-state index < -0.39 is 5.91 Å². The monoisotopic (exact) mass is 143 g/mol. The molecular formula is C4H3N2O2S. The smallest absolute Gasteiger partial charge is 0.268 e. The molecule has 0 aliphatic rings. The molecule has 0 unspecified atom stereocenters. The number of primary amides is 1. The summed E-state index contributed by atoms with van der Waals surface area (Å²) in [5.74, 6) is -0.659. The lowest BCUT2D eigenvalue weighted by Gasteiger charge is -1.78. The molecule has 1 aromatic rings. The highest BCUT2D eigenvalue weighted by molar-refractivity contribution is 7.07. The first-order valence-corrected chi connectivity index (χ1v) is 2.91. The van der Waals surface area contributed by atoms with Gasteiger partial charge in [-0.05, 0) is 0 Å². The van der Waals surface area contributed by atoms with E-state index in [1.54, 1.807) is 0 Å². The SMILES string of the molecule is NC(=O)c1cc([O])sn1. The summed E-state index contributed by atoms with van der Waals surface area (Å²) >= 11 is 0.726. The van der Waals surface area contributed by atoms with Crippen LogP contribution in [0.4, 0.5) is 0 Å². The third-order valence-electron chi connectivity index (χ3n) is 0.741. The summed E-state index contributed by atoms with van der Waals surface area (Å²) < 4.78 is 3.47. The van der Waals surface area contributed by atoms with Gasteiger partial charge in [-0.15, -0.1) is 0 Å². The second kappa shape index (κ2) is 2.02. The summed E-state index contributed by atoms with van der Waals surface area (Å²) in [5.41, 5.74) is 4.84. The molecule has 47 valence electrons. The molecule has 2 N–H and O–H groups in total. The van der Waals surface area contributed by atoms with Crippen molar-refractivity contribution in [3.8, 4) is 5.06 Å². The maximum absolute atomic E-state index is 10.3. The average molecular weight is 143 g/mol. The van der Waals surface area contributed by atoms with Gasteiger partial charge in [-0.2, -0.15) is 4.37 Å². The maximum Gasteiger partial charge on any atom is 0.268 e. The minimum Gasteiger partial charge on any atom is -0.364 e. The third-order valence-corrected chi connectivity index (χ3v) is 1.33. The molecule has 1 heterocycles. The van der Waals surface area contributed by atoms with Gasteiger partial charge in [-0.3, -0.25) is 9.90 Å². The number of carbonyl (C=O) groups excluding carboxylic acids is 1. The molecule has 0 bridgehead atoms. The van der Waals surface area contributed by atoms with Gasteiger partial charge in [0.1, 0.15) is 5.69 Å². The zero-order chi connectivity index (χ0) is 6.85. The highest BCUT2D eigenvalue weighted by atomic mass is 32.1. The first-order chi connectivity index (χ1) is 4.20. The molecule has 0 aliphatic heterocycles. The van der Waals surface area contributed by atoms with Gasteiger partial charge in [0.15, 0.2) is 0 Å². The van der Waals surface area contributed by atoms with Crippen LogP contribution < -0.4 is 5.73 Å². The molecule has 0 atom stereocenters. The van der Waals surface area contributed by atoms with Crippen LogP contribution in [-0.2, 0) is 5.11 Å². The van der Waals surface area contributed by atoms with Crippen molar-refractivity contribution in [3.63, 3.8) is 0 Å². The number of amides is 1. The van der Waals surface area contributed by atoms with E-state index in [0.29, 0.717) is 0 Å². The second-order valence-corrected chi connectivity index (χ2v) is 2.16. The molecule has 0 spiro atoms. The highest BCUT2D eigenvalue weighted by Gasteiger charge is 2.05. The summed E-state index contributed by atoms with van der Waals surface area (Å²) in [6.45, 7) is 0. The van der Waals surface area contributed by atoms with Crippen LogP contribution in [0.3, 0.4) is 0 Å². The predicted molar refractivity (Wildman–Crippen MR) is 30.8 cm³/mol. The number of nitrogens with zero attached hydrogens (tertiary/aromatic N) is 1. The van der Waals surface area contributed by atoms with Crippen LogP contribution in [0.1, 0.15) is 10.5 Å². The van der Waals surface area contributed by atoms with Crippen molar-refractivity contribution in [2.45, 2.75) is 0 Å². The number of hydrogen-bond acceptors (Lipinski definition) is 3. The molecule has 0 saturated heterocycles. The molecule has 0 aliphatic carbocycles. The number of nitrogens with two attached hydrogens (primary N) is 1. The fraction of sp³-hybridized carbons (Fsp3) is 0. The van der Waals surface area contributed by atoms with Gasteiger partial charge >= 0.3 is 0 Å². The number of carbonyl (C=O) groups is 1. The Morgan fingerprint density at radius 3 is 2.67 bits per heavy atom. The van der Waals surface area contributed by atoms with E-state index in [2.05, 4.69) is 4.37 Å². The Balaban J connectivity index is 2.98. The second-order valence-electron chi connectivity index (χ2n) is 1.40. The topological polar surface area (TPSA) is 75.9 Å². The van der Waals surface area contributed by atoms with E-state index in [9.17, 15) is 9.90 Å². The maximum atomic E-state index is 10.3. The van der Waals surface area contributed by atoms with Crippen LogP contribution in [0.2, 0.25) is 0 Å². The zero-order valence-corrected chi connectivity index (χ0v) is 5.14. The van der Waals surface area contributed by atoms with E-state index in [-0.39, 0.29) is 10.8 Å². The van der Waals surface area contributed by atoms with Crippen LogP contribution in [0.25, 0.3) is 0 Å². The van der Waals surface area contributed by atoms with Gasteiger partial charge in [0.25, 0.3) is 11.0 Å². The van der Waals surface area contributed by atoms with E-state index in [0.717, 1.165) is 17.6 Å². The Kier molecular flexibility index (Phi) is 1.35. The van der Waals surface area contributed by atoms with Gasteiger partial charge in [0.05, 0.1) is 0 Å². The van der Waals surface area contributed by atoms with Crippen LogP contribution in [0, 0.1) is 0 Å². The Hall–Kier alpha value is -1.10. The van der Waals surface area contributed by atoms with Crippen molar-refractivity contribution in [3.05, 3.63) is 11.8 Å². The minimum absolute atomic E-state index is 0.0463. The molecule has 0 saturated carbocycles. The highest BCUT2D eigenvalue weighted by Crippen LogP contribution is 2.16. The van der Waals surface area contributed by atoms with Crippen molar-refractivity contribution in [2.24, 2.45) is 5.73 Å². The van der Waals surface area contributed by atoms with E-state index in [1.807, 2.05) is 0 Å². The molecule has 5 heteroatoms. The number of rotatable bonds is 1. The molecule has 1 rings (SSSR count). The molecule has 1 amide bonds. The van der Waals surface area contributed by atoms with Crippen LogP contribution in [-0.4, -0.2) is 10.3 Å². The molecule has 0 fully saturated rings. The first kappa shape index (κ1) is 6.03. The standard InChI is InChI=1S/C4H3N2O2S/c5-4(8)2-1-3(7)9-6-2/h1H,(H2,5,8). The predicted octanol–water partition coefficient (Wildman–Crippen LogP) is 0.386. The molecule has 4 nitrogen and oxygen atoms in total. The van der Waals surface area contributed by atoms with Crippen molar-refractivity contribution in [2.75, 3.05) is 0 Å². The Bertz CT molecular complexity index is 232. The van der Waals surface area contributed by atoms with Crippen LogP contribution in [0.15, 0.2) is 6.07 Å². The van der Waals surface area contributed by atoms with Gasteiger partial charge in [0.2, 0.25) is 0 Å². The molecule has 1 radical (unpaired) electrons. The average Bonchev–Trinajstić information content (AvgIpc) is 2.14. The summed E-state index contributed by atoms with van der Waals surface area (Å²) in [6, 6.07) is 1.12. The molecule has 1 aromatic heterocycles. The van der Waals surface area contributed by atoms with Crippen molar-refractivity contribution >= 4 is 17.4 Å². The number of hydrogen-bond donors (Lipinski definition) is 1. The molecule has 0 aromatic carbocycles. The van der Waals surface area contributed by atoms with Crippen LogP contribution in [0.5, 0.6) is 5.06 Å². The quantitative estimate of drug-likeness (QED) is 0.617. The lowest BCUT2D eigenvalue weighted by atomic mass is 10.4. The van der Waals surface area contributed by atoms with Gasteiger partial charge in [-0.1, -0.05) is 0 Å². The fourth-order valence-corrected chi connectivity index (χ4v) is 0.870. The largest absolute Gasteiger partial charge is 0.364 e. The lowest BCUT2D eigenvalue weighted by Crippen LogP contribution is -2.10. The van der Waals surface area contributed by atoms with Crippen LogP contribution >= 0.6 is 11.5 Å². The summed E-state index contributed by atoms with van der Waals surface area (Å²) in [4.78, 5) is 10.2. The van der Waals surface area contributed by atoms with E-state index in [1.165, 1.54) is 0 Å². The van der Waals surface area contributed by atoms with Gasteiger partial charge in [-0.25, -0.2) is 0 Å². The molecule has 9 heavy (non-hydrogen) atoms. The first-order valence-electron chi connectivity index (χ1n) is 2.13. The summed E-state index contributed by atoms with van der Waals surface area (Å²) in [6.07, 6.45) is 0. The van der Waals surface area contributed by atoms with Crippen molar-refractivity contribution in [1.29, 1.82) is 0 Å². The Morgan fingerprint density at radius 2 is 2.44 bits per heavy atom.